The van der Waals surface area contributed by atoms with Gasteiger partial charge in [0, 0.05) is 19.3 Å². The van der Waals surface area contributed by atoms with Crippen LogP contribution in [0.3, 0.4) is 0 Å². The number of rotatable bonds is 43. The van der Waals surface area contributed by atoms with Gasteiger partial charge in [-0.15, -0.1) is 0 Å². The van der Waals surface area contributed by atoms with Gasteiger partial charge in [0.15, 0.2) is 6.10 Å². The maximum Gasteiger partial charge on any atom is 0.306 e. The predicted octanol–water partition coefficient (Wildman–Crippen LogP) is 15.4. The standard InChI is InChI=1S/C49H94O6/c1-6-9-10-11-12-19-23-29-34-39-47(50)53-42-46(55-49(52)41-36-31-26-25-28-33-38-45(5)8-3)43-54-48(51)40-35-30-24-21-18-16-14-13-15-17-20-22-27-32-37-44(4)7-2/h44-46H,6-43H2,1-5H3/t44?,45?,46-/m1/s1. The number of ether oxygens (including phenoxy) is 3. The molecule has 0 aliphatic heterocycles. The Morgan fingerprint density at radius 2 is 0.636 bits per heavy atom. The van der Waals surface area contributed by atoms with Crippen LogP contribution in [0.4, 0.5) is 0 Å². The Morgan fingerprint density at radius 3 is 0.945 bits per heavy atom. The third-order valence-corrected chi connectivity index (χ3v) is 11.7. The van der Waals surface area contributed by atoms with Crippen molar-refractivity contribution < 1.29 is 28.6 Å². The minimum atomic E-state index is -0.761. The van der Waals surface area contributed by atoms with Crippen molar-refractivity contribution in [1.82, 2.24) is 0 Å². The molecule has 0 amide bonds. The van der Waals surface area contributed by atoms with Crippen molar-refractivity contribution in [2.75, 3.05) is 13.2 Å². The van der Waals surface area contributed by atoms with E-state index in [1.165, 1.54) is 154 Å². The summed E-state index contributed by atoms with van der Waals surface area (Å²) < 4.78 is 16.7. The van der Waals surface area contributed by atoms with Crippen LogP contribution in [0, 0.1) is 11.8 Å². The molecule has 0 N–H and O–H groups in total. The van der Waals surface area contributed by atoms with Crippen molar-refractivity contribution in [3.8, 4) is 0 Å². The molecule has 0 radical (unpaired) electrons. The molecule has 0 saturated carbocycles. The molecule has 6 nitrogen and oxygen atoms in total. The first-order valence-electron chi connectivity index (χ1n) is 24.3. The largest absolute Gasteiger partial charge is 0.462 e. The summed E-state index contributed by atoms with van der Waals surface area (Å²) in [6.07, 6.45) is 40.9. The molecule has 0 saturated heterocycles. The van der Waals surface area contributed by atoms with E-state index in [0.717, 1.165) is 69.6 Å². The Hall–Kier alpha value is -1.59. The van der Waals surface area contributed by atoms with Crippen LogP contribution in [0.5, 0.6) is 0 Å². The second kappa shape index (κ2) is 42.0. The van der Waals surface area contributed by atoms with Crippen molar-refractivity contribution >= 4 is 17.9 Å². The first-order chi connectivity index (χ1) is 26.8. The van der Waals surface area contributed by atoms with E-state index in [-0.39, 0.29) is 31.1 Å². The maximum absolute atomic E-state index is 12.7. The van der Waals surface area contributed by atoms with Gasteiger partial charge < -0.3 is 14.2 Å². The minimum absolute atomic E-state index is 0.0652. The van der Waals surface area contributed by atoms with Crippen LogP contribution in [0.25, 0.3) is 0 Å². The fraction of sp³-hybridized carbons (Fsp3) is 0.939. The number of carbonyl (C=O) groups is 3. The van der Waals surface area contributed by atoms with E-state index in [1.54, 1.807) is 0 Å². The van der Waals surface area contributed by atoms with E-state index in [2.05, 4.69) is 34.6 Å². The molecule has 326 valence electrons. The lowest BCUT2D eigenvalue weighted by molar-refractivity contribution is -0.167. The van der Waals surface area contributed by atoms with Crippen molar-refractivity contribution in [1.29, 1.82) is 0 Å². The molecule has 55 heavy (non-hydrogen) atoms. The molecule has 0 aliphatic carbocycles. The van der Waals surface area contributed by atoms with Gasteiger partial charge in [0.1, 0.15) is 13.2 Å². The molecular weight excluding hydrogens is 685 g/mol. The summed E-state index contributed by atoms with van der Waals surface area (Å²) in [7, 11) is 0. The molecular formula is C49H94O6. The molecule has 0 rings (SSSR count). The third kappa shape index (κ3) is 40.4. The van der Waals surface area contributed by atoms with Gasteiger partial charge in [-0.05, 0) is 31.1 Å². The second-order valence-electron chi connectivity index (χ2n) is 17.2. The summed E-state index contributed by atoms with van der Waals surface area (Å²) in [6.45, 7) is 11.4. The number of hydrogen-bond donors (Lipinski definition) is 0. The normalized spacial score (nSPS) is 13.0. The van der Waals surface area contributed by atoms with Crippen LogP contribution in [-0.4, -0.2) is 37.2 Å². The SMILES string of the molecule is CCCCCCCCCCCC(=O)OC[C@H](COC(=O)CCCCCCCCCCCCCCCCC(C)CC)OC(=O)CCCCCCCCC(C)CC. The molecule has 0 spiro atoms. The summed E-state index contributed by atoms with van der Waals surface area (Å²) in [5.74, 6) is 0.847. The molecule has 0 aromatic rings. The molecule has 2 unspecified atom stereocenters. The van der Waals surface area contributed by atoms with Gasteiger partial charge in [-0.1, -0.05) is 227 Å². The van der Waals surface area contributed by atoms with Gasteiger partial charge >= 0.3 is 17.9 Å². The minimum Gasteiger partial charge on any atom is -0.462 e. The van der Waals surface area contributed by atoms with E-state index in [0.29, 0.717) is 19.3 Å². The highest BCUT2D eigenvalue weighted by atomic mass is 16.6. The van der Waals surface area contributed by atoms with Crippen LogP contribution in [0.15, 0.2) is 0 Å². The summed E-state index contributed by atoms with van der Waals surface area (Å²) in [5.41, 5.74) is 0. The molecule has 0 bridgehead atoms. The highest BCUT2D eigenvalue weighted by Crippen LogP contribution is 2.18. The lowest BCUT2D eigenvalue weighted by Crippen LogP contribution is -2.30. The summed E-state index contributed by atoms with van der Waals surface area (Å²) in [4.78, 5) is 37.7. The molecule has 0 aromatic carbocycles. The Bertz CT molecular complexity index is 843. The monoisotopic (exact) mass is 779 g/mol. The van der Waals surface area contributed by atoms with E-state index < -0.39 is 6.10 Å². The van der Waals surface area contributed by atoms with Gasteiger partial charge in [0.05, 0.1) is 0 Å². The third-order valence-electron chi connectivity index (χ3n) is 11.7. The average Bonchev–Trinajstić information content (AvgIpc) is 3.18. The number of hydrogen-bond acceptors (Lipinski definition) is 6. The van der Waals surface area contributed by atoms with Crippen molar-refractivity contribution in [3.63, 3.8) is 0 Å². The van der Waals surface area contributed by atoms with Gasteiger partial charge in [-0.2, -0.15) is 0 Å². The summed E-state index contributed by atoms with van der Waals surface area (Å²) in [5, 5.41) is 0. The van der Waals surface area contributed by atoms with E-state index in [1.807, 2.05) is 0 Å². The highest BCUT2D eigenvalue weighted by Gasteiger charge is 2.19. The van der Waals surface area contributed by atoms with E-state index in [9.17, 15) is 14.4 Å². The van der Waals surface area contributed by atoms with Gasteiger partial charge in [0.25, 0.3) is 0 Å². The predicted molar refractivity (Wildman–Crippen MR) is 233 cm³/mol. The number of esters is 3. The molecule has 6 heteroatoms. The van der Waals surface area contributed by atoms with Gasteiger partial charge in [-0.3, -0.25) is 14.4 Å². The Kier molecular flexibility index (Phi) is 40.8. The zero-order chi connectivity index (χ0) is 40.5. The van der Waals surface area contributed by atoms with E-state index in [4.69, 9.17) is 14.2 Å². The quantitative estimate of drug-likeness (QED) is 0.0348. The molecule has 0 aromatic heterocycles. The lowest BCUT2D eigenvalue weighted by Gasteiger charge is -2.18. The number of carbonyl (C=O) groups excluding carboxylic acids is 3. The Labute approximate surface area is 342 Å². The van der Waals surface area contributed by atoms with Crippen molar-refractivity contribution in [2.45, 2.75) is 272 Å². The fourth-order valence-electron chi connectivity index (χ4n) is 7.22. The zero-order valence-electron chi connectivity index (χ0n) is 37.6. The van der Waals surface area contributed by atoms with Gasteiger partial charge in [-0.25, -0.2) is 0 Å². The van der Waals surface area contributed by atoms with Crippen LogP contribution >= 0.6 is 0 Å². The van der Waals surface area contributed by atoms with Crippen LogP contribution in [0.1, 0.15) is 266 Å². The van der Waals surface area contributed by atoms with E-state index >= 15 is 0 Å². The Balaban J connectivity index is 4.23. The summed E-state index contributed by atoms with van der Waals surface area (Å²) in [6, 6.07) is 0. The molecule has 3 atom stereocenters. The average molecular weight is 779 g/mol. The molecule has 0 fully saturated rings. The smallest absolute Gasteiger partial charge is 0.306 e. The second-order valence-corrected chi connectivity index (χ2v) is 17.2. The maximum atomic E-state index is 12.7. The first kappa shape index (κ1) is 53.4. The van der Waals surface area contributed by atoms with Crippen LogP contribution in [-0.2, 0) is 28.6 Å². The van der Waals surface area contributed by atoms with Gasteiger partial charge in [0.2, 0.25) is 0 Å². The molecule has 0 aliphatic rings. The van der Waals surface area contributed by atoms with Crippen LogP contribution < -0.4 is 0 Å². The number of unbranched alkanes of at least 4 members (excludes halogenated alkanes) is 26. The topological polar surface area (TPSA) is 78.9 Å². The lowest BCUT2D eigenvalue weighted by atomic mass is 9.99. The highest BCUT2D eigenvalue weighted by molar-refractivity contribution is 5.71. The Morgan fingerprint density at radius 1 is 0.364 bits per heavy atom. The van der Waals surface area contributed by atoms with Crippen LogP contribution in [0.2, 0.25) is 0 Å². The fourth-order valence-corrected chi connectivity index (χ4v) is 7.22. The first-order valence-corrected chi connectivity index (χ1v) is 24.3. The van der Waals surface area contributed by atoms with Crippen molar-refractivity contribution in [2.24, 2.45) is 11.8 Å². The zero-order valence-corrected chi connectivity index (χ0v) is 37.6. The van der Waals surface area contributed by atoms with Crippen molar-refractivity contribution in [3.05, 3.63) is 0 Å². The molecule has 0 heterocycles. The summed E-state index contributed by atoms with van der Waals surface area (Å²) >= 11 is 0.